The van der Waals surface area contributed by atoms with E-state index < -0.39 is 30.3 Å². The van der Waals surface area contributed by atoms with Crippen molar-refractivity contribution in [2.45, 2.75) is 13.3 Å². The fourth-order valence-electron chi connectivity index (χ4n) is 2.16. The highest BCUT2D eigenvalue weighted by molar-refractivity contribution is 6.59. The van der Waals surface area contributed by atoms with Crippen molar-refractivity contribution in [2.24, 2.45) is 0 Å². The molecule has 2 rings (SSSR count). The standard InChI is InChI=1S/C14H10BF3N2O4/c1-7-4-9(10(6-19)13(21)20-7)8-2-3-12(24-14(16,17)18)11(5-8)15(22)23/h2-5,22-23H,1H3,(H,20,21). The molecule has 10 heteroatoms. The Bertz CT molecular complexity index is 872. The van der Waals surface area contributed by atoms with Gasteiger partial charge in [-0.05, 0) is 24.6 Å². The summed E-state index contributed by atoms with van der Waals surface area (Å²) in [5.74, 6) is -0.790. The number of pyridine rings is 1. The van der Waals surface area contributed by atoms with Gasteiger partial charge in [0.05, 0.1) is 0 Å². The molecule has 0 aliphatic heterocycles. The molecule has 3 N–H and O–H groups in total. The molecule has 0 unspecified atom stereocenters. The Hall–Kier alpha value is -2.77. The largest absolute Gasteiger partial charge is 0.573 e. The summed E-state index contributed by atoms with van der Waals surface area (Å²) in [4.78, 5) is 14.2. The van der Waals surface area contributed by atoms with E-state index in [0.29, 0.717) is 5.69 Å². The van der Waals surface area contributed by atoms with Crippen LogP contribution < -0.4 is 15.8 Å². The van der Waals surface area contributed by atoms with E-state index in [2.05, 4.69) is 9.72 Å². The zero-order valence-corrected chi connectivity index (χ0v) is 12.2. The molecule has 6 nitrogen and oxygen atoms in total. The van der Waals surface area contributed by atoms with Crippen molar-refractivity contribution in [1.29, 1.82) is 5.26 Å². The first kappa shape index (κ1) is 17.6. The number of nitriles is 1. The van der Waals surface area contributed by atoms with Gasteiger partial charge < -0.3 is 19.8 Å². The molecule has 0 bridgehead atoms. The number of benzene rings is 1. The molecule has 1 aromatic carbocycles. The molecule has 1 heterocycles. The number of aromatic amines is 1. The lowest BCUT2D eigenvalue weighted by atomic mass is 9.78. The average Bonchev–Trinajstić information content (AvgIpc) is 2.45. The fraction of sp³-hybridized carbons (Fsp3) is 0.143. The maximum Gasteiger partial charge on any atom is 0.573 e. The number of hydrogen-bond acceptors (Lipinski definition) is 5. The molecular formula is C14H10BF3N2O4. The first-order valence-corrected chi connectivity index (χ1v) is 6.52. The SMILES string of the molecule is Cc1cc(-c2ccc(OC(F)(F)F)c(B(O)O)c2)c(C#N)c(=O)[nH]1. The second-order valence-electron chi connectivity index (χ2n) is 4.86. The van der Waals surface area contributed by atoms with E-state index in [0.717, 1.165) is 12.1 Å². The third kappa shape index (κ3) is 3.76. The van der Waals surface area contributed by atoms with Gasteiger partial charge in [0.15, 0.2) is 0 Å². The summed E-state index contributed by atoms with van der Waals surface area (Å²) < 4.78 is 40.8. The molecule has 0 amide bonds. The molecule has 0 spiro atoms. The highest BCUT2D eigenvalue weighted by atomic mass is 19.4. The van der Waals surface area contributed by atoms with Crippen LogP contribution in [0.4, 0.5) is 13.2 Å². The number of alkyl halides is 3. The lowest BCUT2D eigenvalue weighted by Gasteiger charge is -2.14. The Balaban J connectivity index is 2.65. The van der Waals surface area contributed by atoms with Crippen LogP contribution in [0.15, 0.2) is 29.1 Å². The second kappa shape index (κ2) is 6.39. The van der Waals surface area contributed by atoms with Crippen molar-refractivity contribution >= 4 is 12.6 Å². The quantitative estimate of drug-likeness (QED) is 0.718. The van der Waals surface area contributed by atoms with Crippen LogP contribution in [0.3, 0.4) is 0 Å². The van der Waals surface area contributed by atoms with Crippen LogP contribution in [-0.2, 0) is 0 Å². The van der Waals surface area contributed by atoms with Gasteiger partial charge >= 0.3 is 13.5 Å². The molecule has 0 aliphatic rings. The van der Waals surface area contributed by atoms with Gasteiger partial charge in [-0.25, -0.2) is 0 Å². The van der Waals surface area contributed by atoms with Crippen molar-refractivity contribution in [3.05, 3.63) is 45.9 Å². The Labute approximate surface area is 133 Å². The van der Waals surface area contributed by atoms with Crippen LogP contribution in [0.1, 0.15) is 11.3 Å². The minimum atomic E-state index is -5.01. The second-order valence-corrected chi connectivity index (χ2v) is 4.86. The summed E-state index contributed by atoms with van der Waals surface area (Å²) in [6.45, 7) is 1.56. The number of aryl methyl sites for hydroxylation is 1. The first-order chi connectivity index (χ1) is 11.1. The zero-order chi connectivity index (χ0) is 18.1. The average molecular weight is 338 g/mol. The van der Waals surface area contributed by atoms with E-state index in [9.17, 15) is 28.0 Å². The zero-order valence-electron chi connectivity index (χ0n) is 12.2. The normalized spacial score (nSPS) is 11.0. The Morgan fingerprint density at radius 1 is 1.29 bits per heavy atom. The molecule has 24 heavy (non-hydrogen) atoms. The molecule has 0 aliphatic carbocycles. The number of rotatable bonds is 3. The van der Waals surface area contributed by atoms with Gasteiger partial charge in [-0.15, -0.1) is 13.2 Å². The van der Waals surface area contributed by atoms with Crippen LogP contribution in [0.5, 0.6) is 5.75 Å². The Morgan fingerprint density at radius 3 is 2.50 bits per heavy atom. The molecule has 2 aromatic rings. The van der Waals surface area contributed by atoms with E-state index in [4.69, 9.17) is 5.26 Å². The summed E-state index contributed by atoms with van der Waals surface area (Å²) >= 11 is 0. The van der Waals surface area contributed by atoms with E-state index in [1.54, 1.807) is 13.0 Å². The maximum atomic E-state index is 12.4. The number of H-pyrrole nitrogens is 1. The van der Waals surface area contributed by atoms with E-state index in [-0.39, 0.29) is 16.7 Å². The van der Waals surface area contributed by atoms with E-state index in [1.807, 2.05) is 0 Å². The Kier molecular flexibility index (Phi) is 4.68. The van der Waals surface area contributed by atoms with Gasteiger partial charge in [-0.3, -0.25) is 4.79 Å². The van der Waals surface area contributed by atoms with Gasteiger partial charge in [0.25, 0.3) is 5.56 Å². The van der Waals surface area contributed by atoms with Gasteiger partial charge in [0.2, 0.25) is 0 Å². The molecule has 124 valence electrons. The smallest absolute Gasteiger partial charge is 0.423 e. The summed E-state index contributed by atoms with van der Waals surface area (Å²) in [6, 6.07) is 6.24. The summed E-state index contributed by atoms with van der Waals surface area (Å²) in [6.07, 6.45) is -5.01. The summed E-state index contributed by atoms with van der Waals surface area (Å²) in [5, 5.41) is 27.7. The number of halogens is 3. The van der Waals surface area contributed by atoms with Crippen LogP contribution in [0, 0.1) is 18.3 Å². The third-order valence-electron chi connectivity index (χ3n) is 3.10. The summed E-state index contributed by atoms with van der Waals surface area (Å²) in [7, 11) is -2.24. The lowest BCUT2D eigenvalue weighted by molar-refractivity contribution is -0.274. The van der Waals surface area contributed by atoms with Crippen molar-refractivity contribution < 1.29 is 28.0 Å². The molecule has 0 saturated heterocycles. The van der Waals surface area contributed by atoms with Crippen molar-refractivity contribution in [2.75, 3.05) is 0 Å². The Morgan fingerprint density at radius 2 is 1.96 bits per heavy atom. The minimum Gasteiger partial charge on any atom is -0.423 e. The molecule has 0 saturated carbocycles. The van der Waals surface area contributed by atoms with Crippen molar-refractivity contribution in [3.8, 4) is 22.9 Å². The van der Waals surface area contributed by atoms with Gasteiger partial charge in [-0.1, -0.05) is 12.1 Å². The monoisotopic (exact) mass is 338 g/mol. The predicted octanol–water partition coefficient (Wildman–Crippen LogP) is 0.800. The molecule has 1 aromatic heterocycles. The number of ether oxygens (including phenoxy) is 1. The fourth-order valence-corrected chi connectivity index (χ4v) is 2.16. The highest BCUT2D eigenvalue weighted by Crippen LogP contribution is 2.26. The van der Waals surface area contributed by atoms with Crippen LogP contribution in [0.25, 0.3) is 11.1 Å². The highest BCUT2D eigenvalue weighted by Gasteiger charge is 2.33. The number of nitrogens with one attached hydrogen (secondary N) is 1. The number of hydrogen-bond donors (Lipinski definition) is 3. The third-order valence-corrected chi connectivity index (χ3v) is 3.10. The first-order valence-electron chi connectivity index (χ1n) is 6.52. The van der Waals surface area contributed by atoms with Crippen LogP contribution in [-0.4, -0.2) is 28.5 Å². The molecular weight excluding hydrogens is 328 g/mol. The van der Waals surface area contributed by atoms with E-state index >= 15 is 0 Å². The van der Waals surface area contributed by atoms with E-state index in [1.165, 1.54) is 12.1 Å². The topological polar surface area (TPSA) is 106 Å². The van der Waals surface area contributed by atoms with Crippen molar-refractivity contribution in [3.63, 3.8) is 0 Å². The minimum absolute atomic E-state index is 0.152. The van der Waals surface area contributed by atoms with Gasteiger partial charge in [0, 0.05) is 16.7 Å². The summed E-state index contributed by atoms with van der Waals surface area (Å²) in [5.41, 5.74) is -0.711. The lowest BCUT2D eigenvalue weighted by Crippen LogP contribution is -2.34. The maximum absolute atomic E-state index is 12.4. The number of aromatic nitrogens is 1. The van der Waals surface area contributed by atoms with Gasteiger partial charge in [0.1, 0.15) is 17.4 Å². The number of nitrogens with zero attached hydrogens (tertiary/aromatic N) is 1. The molecule has 0 atom stereocenters. The van der Waals surface area contributed by atoms with Crippen LogP contribution >= 0.6 is 0 Å². The van der Waals surface area contributed by atoms with Crippen LogP contribution in [0.2, 0.25) is 0 Å². The molecule has 0 fully saturated rings. The predicted molar refractivity (Wildman–Crippen MR) is 78.5 cm³/mol. The van der Waals surface area contributed by atoms with Gasteiger partial charge in [-0.2, -0.15) is 5.26 Å². The van der Waals surface area contributed by atoms with Crippen molar-refractivity contribution in [1.82, 2.24) is 4.98 Å². The molecule has 0 radical (unpaired) electrons.